The van der Waals surface area contributed by atoms with Crippen LogP contribution in [0.25, 0.3) is 0 Å². The minimum atomic E-state index is -1.02. The average Bonchev–Trinajstić information content (AvgIpc) is 2.84. The minimum Gasteiger partial charge on any atom is -0.478 e. The Labute approximate surface area is 122 Å². The number of aromatic carboxylic acids is 1. The van der Waals surface area contributed by atoms with Gasteiger partial charge in [0.25, 0.3) is 0 Å². The number of furan rings is 1. The maximum atomic E-state index is 12.2. The molecular weight excluding hydrogens is 270 g/mol. The number of rotatable bonds is 5. The summed E-state index contributed by atoms with van der Waals surface area (Å²) in [5, 5.41) is 9.12. The Hall–Kier alpha value is -2.56. The quantitative estimate of drug-likeness (QED) is 0.917. The van der Waals surface area contributed by atoms with E-state index in [0.29, 0.717) is 12.1 Å². The Kier molecular flexibility index (Phi) is 4.42. The first-order valence-electron chi connectivity index (χ1n) is 6.57. The lowest BCUT2D eigenvalue weighted by Crippen LogP contribution is -2.28. The van der Waals surface area contributed by atoms with Gasteiger partial charge in [0.15, 0.2) is 0 Å². The summed E-state index contributed by atoms with van der Waals surface area (Å²) in [4.78, 5) is 24.9. The van der Waals surface area contributed by atoms with Crippen molar-refractivity contribution in [2.75, 3.05) is 7.05 Å². The van der Waals surface area contributed by atoms with E-state index < -0.39 is 5.97 Å². The summed E-state index contributed by atoms with van der Waals surface area (Å²) in [5.74, 6) is -0.378. The largest absolute Gasteiger partial charge is 0.478 e. The molecule has 0 bridgehead atoms. The van der Waals surface area contributed by atoms with Crippen molar-refractivity contribution in [1.82, 2.24) is 4.90 Å². The fourth-order valence-corrected chi connectivity index (χ4v) is 2.10. The predicted molar refractivity (Wildman–Crippen MR) is 77.0 cm³/mol. The molecule has 0 aliphatic heterocycles. The van der Waals surface area contributed by atoms with Crippen molar-refractivity contribution < 1.29 is 19.1 Å². The topological polar surface area (TPSA) is 70.8 Å². The van der Waals surface area contributed by atoms with Crippen molar-refractivity contribution in [1.29, 1.82) is 0 Å². The molecule has 2 aromatic rings. The summed E-state index contributed by atoms with van der Waals surface area (Å²) >= 11 is 0. The Balaban J connectivity index is 2.08. The van der Waals surface area contributed by atoms with Crippen LogP contribution >= 0.6 is 0 Å². The highest BCUT2D eigenvalue weighted by Gasteiger charge is 2.16. The third kappa shape index (κ3) is 3.51. The van der Waals surface area contributed by atoms with E-state index in [1.807, 2.05) is 13.0 Å². The van der Waals surface area contributed by atoms with Crippen molar-refractivity contribution in [2.24, 2.45) is 0 Å². The second-order valence-electron chi connectivity index (χ2n) is 4.89. The second kappa shape index (κ2) is 6.26. The van der Waals surface area contributed by atoms with Crippen LogP contribution in [0.1, 0.15) is 27.2 Å². The summed E-state index contributed by atoms with van der Waals surface area (Å²) < 4.78 is 5.20. The first-order valence-corrected chi connectivity index (χ1v) is 6.57. The van der Waals surface area contributed by atoms with Gasteiger partial charge in [-0.05, 0) is 24.6 Å². The van der Waals surface area contributed by atoms with Crippen LogP contribution in [0.3, 0.4) is 0 Å². The van der Waals surface area contributed by atoms with Crippen molar-refractivity contribution >= 4 is 11.9 Å². The van der Waals surface area contributed by atoms with E-state index in [1.54, 1.807) is 36.4 Å². The van der Waals surface area contributed by atoms with Crippen LogP contribution in [0, 0.1) is 6.92 Å². The minimum absolute atomic E-state index is 0.0653. The molecule has 0 atom stereocenters. The number of carboxylic acids is 1. The maximum Gasteiger partial charge on any atom is 0.335 e. The van der Waals surface area contributed by atoms with Crippen LogP contribution in [0.5, 0.6) is 0 Å². The number of hydrogen-bond donors (Lipinski definition) is 1. The zero-order chi connectivity index (χ0) is 15.4. The monoisotopic (exact) mass is 287 g/mol. The summed E-state index contributed by atoms with van der Waals surface area (Å²) in [6, 6.07) is 8.37. The van der Waals surface area contributed by atoms with Crippen LogP contribution in [0.2, 0.25) is 0 Å². The van der Waals surface area contributed by atoms with Crippen LogP contribution in [0.4, 0.5) is 0 Å². The molecule has 0 fully saturated rings. The highest BCUT2D eigenvalue weighted by atomic mass is 16.4. The van der Waals surface area contributed by atoms with Crippen molar-refractivity contribution in [3.05, 3.63) is 59.0 Å². The first-order chi connectivity index (χ1) is 9.99. The number of carbonyl (C=O) groups is 2. The van der Waals surface area contributed by atoms with Crippen LogP contribution in [-0.4, -0.2) is 28.9 Å². The number of carboxylic acid groups (broad SMARTS) is 1. The molecular formula is C16H17NO4. The Morgan fingerprint density at radius 1 is 1.19 bits per heavy atom. The zero-order valence-electron chi connectivity index (χ0n) is 12.0. The summed E-state index contributed by atoms with van der Waals surface area (Å²) in [5.41, 5.74) is 1.63. The van der Waals surface area contributed by atoms with E-state index in [4.69, 9.17) is 9.52 Å². The molecule has 0 spiro atoms. The van der Waals surface area contributed by atoms with E-state index in [0.717, 1.165) is 11.3 Å². The molecule has 0 aliphatic carbocycles. The average molecular weight is 287 g/mol. The third-order valence-corrected chi connectivity index (χ3v) is 3.39. The molecule has 0 saturated heterocycles. The highest BCUT2D eigenvalue weighted by Crippen LogP contribution is 2.14. The van der Waals surface area contributed by atoms with Crippen LogP contribution < -0.4 is 0 Å². The van der Waals surface area contributed by atoms with E-state index in [-0.39, 0.29) is 17.9 Å². The van der Waals surface area contributed by atoms with Gasteiger partial charge >= 0.3 is 5.97 Å². The Morgan fingerprint density at radius 2 is 1.90 bits per heavy atom. The van der Waals surface area contributed by atoms with Crippen molar-refractivity contribution in [3.8, 4) is 0 Å². The molecule has 0 saturated carbocycles. The predicted octanol–water partition coefficient (Wildman–Crippen LogP) is 2.49. The number of carbonyl (C=O) groups excluding carboxylic acids is 1. The molecule has 1 heterocycles. The van der Waals surface area contributed by atoms with Crippen LogP contribution in [-0.2, 0) is 17.8 Å². The Morgan fingerprint density at radius 3 is 2.52 bits per heavy atom. The zero-order valence-corrected chi connectivity index (χ0v) is 12.0. The number of nitrogens with zero attached hydrogens (tertiary/aromatic N) is 1. The lowest BCUT2D eigenvalue weighted by molar-refractivity contribution is -0.129. The molecule has 110 valence electrons. The van der Waals surface area contributed by atoms with Gasteiger partial charge in [0.2, 0.25) is 5.91 Å². The molecule has 1 N–H and O–H groups in total. The molecule has 1 aromatic heterocycles. The van der Waals surface area contributed by atoms with E-state index in [9.17, 15) is 9.59 Å². The molecule has 0 aliphatic rings. The fraction of sp³-hybridized carbons (Fsp3) is 0.250. The number of hydrogen-bond acceptors (Lipinski definition) is 3. The van der Waals surface area contributed by atoms with Gasteiger partial charge in [0.05, 0.1) is 18.2 Å². The van der Waals surface area contributed by atoms with Gasteiger partial charge in [0, 0.05) is 19.2 Å². The molecule has 1 aromatic carbocycles. The molecule has 21 heavy (non-hydrogen) atoms. The van der Waals surface area contributed by atoms with Crippen molar-refractivity contribution in [3.63, 3.8) is 0 Å². The van der Waals surface area contributed by atoms with Crippen LogP contribution in [0.15, 0.2) is 41.0 Å². The number of benzene rings is 1. The smallest absolute Gasteiger partial charge is 0.335 e. The van der Waals surface area contributed by atoms with Gasteiger partial charge in [-0.25, -0.2) is 4.79 Å². The fourth-order valence-electron chi connectivity index (χ4n) is 2.10. The van der Waals surface area contributed by atoms with Crippen molar-refractivity contribution in [2.45, 2.75) is 19.9 Å². The van der Waals surface area contributed by atoms with Gasteiger partial charge in [-0.3, -0.25) is 4.79 Å². The molecule has 1 amide bonds. The molecule has 0 unspecified atom stereocenters. The standard InChI is InChI=1S/C16H17NO4/c1-11-13(7-8-21-11)10-17(2)15(18)9-12-5-3-4-6-14(12)16(19)20/h3-8H,9-10H2,1-2H3,(H,19,20). The molecule has 0 radical (unpaired) electrons. The lowest BCUT2D eigenvalue weighted by Gasteiger charge is -2.17. The second-order valence-corrected chi connectivity index (χ2v) is 4.89. The summed E-state index contributed by atoms with van der Waals surface area (Å²) in [6.45, 7) is 2.28. The molecule has 2 rings (SSSR count). The van der Waals surface area contributed by atoms with Gasteiger partial charge in [-0.2, -0.15) is 0 Å². The number of likely N-dealkylation sites (N-methyl/N-ethyl adjacent to an activating group) is 1. The Bertz CT molecular complexity index is 660. The maximum absolute atomic E-state index is 12.2. The molecule has 5 heteroatoms. The number of aryl methyl sites for hydroxylation is 1. The number of amides is 1. The normalized spacial score (nSPS) is 10.4. The first kappa shape index (κ1) is 14.8. The third-order valence-electron chi connectivity index (χ3n) is 3.39. The van der Waals surface area contributed by atoms with E-state index >= 15 is 0 Å². The van der Waals surface area contributed by atoms with Gasteiger partial charge < -0.3 is 14.4 Å². The lowest BCUT2D eigenvalue weighted by atomic mass is 10.0. The SMILES string of the molecule is Cc1occc1CN(C)C(=O)Cc1ccccc1C(=O)O. The summed E-state index contributed by atoms with van der Waals surface area (Å²) in [6.07, 6.45) is 1.65. The van der Waals surface area contributed by atoms with E-state index in [1.165, 1.54) is 6.07 Å². The highest BCUT2D eigenvalue weighted by molar-refractivity contribution is 5.91. The van der Waals surface area contributed by atoms with E-state index in [2.05, 4.69) is 0 Å². The molecule has 5 nitrogen and oxygen atoms in total. The van der Waals surface area contributed by atoms with Gasteiger partial charge in [0.1, 0.15) is 5.76 Å². The van der Waals surface area contributed by atoms with Gasteiger partial charge in [-0.1, -0.05) is 18.2 Å². The van der Waals surface area contributed by atoms with Gasteiger partial charge in [-0.15, -0.1) is 0 Å². The summed E-state index contributed by atoms with van der Waals surface area (Å²) in [7, 11) is 1.69.